The minimum absolute atomic E-state index is 0.559. The molecule has 0 aliphatic rings. The van der Waals surface area contributed by atoms with E-state index in [0.717, 1.165) is 179 Å². The summed E-state index contributed by atoms with van der Waals surface area (Å²) in [7, 11) is 0. The minimum Gasteiger partial charge on any atom is -0.452 e. The van der Waals surface area contributed by atoms with Crippen LogP contribution in [0, 0.1) is 0 Å². The third-order valence-electron chi connectivity index (χ3n) is 23.8. The first-order chi connectivity index (χ1) is 62.4. The van der Waals surface area contributed by atoms with Gasteiger partial charge in [-0.3, -0.25) is 9.13 Å². The first-order valence-corrected chi connectivity index (χ1v) is 43.3. The number of hydrogen-bond acceptors (Lipinski definition) is 14. The van der Waals surface area contributed by atoms with E-state index in [1.807, 2.05) is 146 Å². The lowest BCUT2D eigenvalue weighted by atomic mass is 10.0. The summed E-state index contributed by atoms with van der Waals surface area (Å²) in [6.45, 7) is 0. The second kappa shape index (κ2) is 29.6. The van der Waals surface area contributed by atoms with E-state index in [2.05, 4.69) is 252 Å². The molecule has 16 aromatic carbocycles. The molecule has 14 nitrogen and oxygen atoms in total. The lowest BCUT2D eigenvalue weighted by Crippen LogP contribution is -2.06. The van der Waals surface area contributed by atoms with E-state index in [1.165, 1.54) is 15.8 Å². The Bertz CT molecular complexity index is 8860. The molecule has 0 aliphatic heterocycles. The zero-order valence-corrected chi connectivity index (χ0v) is 68.6. The van der Waals surface area contributed by atoms with Crippen LogP contribution < -0.4 is 0 Å². The predicted molar refractivity (Wildman–Crippen MR) is 514 cm³/mol. The van der Waals surface area contributed by atoms with Crippen LogP contribution in [0.2, 0.25) is 0 Å². The summed E-state index contributed by atoms with van der Waals surface area (Å²) in [6, 6.07) is 134. The Morgan fingerprint density at radius 2 is 0.556 bits per heavy atom. The third-order valence-corrected chi connectivity index (χ3v) is 26.1. The molecule has 0 saturated carbocycles. The number of nitrogens with zero attached hydrogens (tertiary/aromatic N) is 12. The van der Waals surface area contributed by atoms with Crippen molar-refractivity contribution in [2.24, 2.45) is 0 Å². The Kier molecular flexibility index (Phi) is 17.0. The van der Waals surface area contributed by atoms with Gasteiger partial charge in [-0.15, -0.1) is 22.7 Å². The van der Waals surface area contributed by atoms with Crippen LogP contribution >= 0.6 is 22.7 Å². The Labute approximate surface area is 726 Å². The van der Waals surface area contributed by atoms with Crippen molar-refractivity contribution >= 4 is 151 Å². The largest absolute Gasteiger partial charge is 0.452 e. The van der Waals surface area contributed by atoms with Gasteiger partial charge in [-0.2, -0.15) is 19.9 Å². The van der Waals surface area contributed by atoms with Crippen LogP contribution in [0.3, 0.4) is 0 Å². The van der Waals surface area contributed by atoms with E-state index in [0.29, 0.717) is 58.0 Å². The van der Waals surface area contributed by atoms with Crippen molar-refractivity contribution in [2.45, 2.75) is 0 Å². The Morgan fingerprint density at radius 3 is 1.06 bits per heavy atom. The molecule has 0 fully saturated rings. The van der Waals surface area contributed by atoms with Gasteiger partial charge in [-0.1, -0.05) is 279 Å². The maximum Gasteiger partial charge on any atom is 0.238 e. The van der Waals surface area contributed by atoms with Gasteiger partial charge in [0.05, 0.1) is 22.1 Å². The quantitative estimate of drug-likeness (QED) is 0.114. The molecule has 0 bridgehead atoms. The van der Waals surface area contributed by atoms with Crippen LogP contribution in [0.1, 0.15) is 0 Å². The number of rotatable bonds is 12. The first-order valence-electron chi connectivity index (χ1n) is 41.7. The molecule has 0 amide bonds. The van der Waals surface area contributed by atoms with Gasteiger partial charge in [0, 0.05) is 117 Å². The molecule has 0 N–H and O–H groups in total. The molecule has 26 rings (SSSR count). The molecule has 0 aliphatic carbocycles. The van der Waals surface area contributed by atoms with Crippen LogP contribution in [0.4, 0.5) is 0 Å². The van der Waals surface area contributed by atoms with E-state index in [1.54, 1.807) is 22.7 Å². The molecule has 0 spiro atoms. The molecule has 588 valence electrons. The summed E-state index contributed by atoms with van der Waals surface area (Å²) in [5, 5.41) is 11.0. The third kappa shape index (κ3) is 12.3. The standard InChI is InChI=1S/2C55H32N6OS/c1-4-15-33(16-5-1)36-27-29-45-42(31-36)38-21-10-12-25-44(38)61(45)55-59-52(35-19-8-3-9-20-35)58-53(60-55)37-28-30-47-43(32-37)39-23-14-24-41(51(39)63-47)54-56-48(34-17-6-2-7-18-34)50-49(57-54)40-22-11-13-26-46(40)62-50;1-4-14-33(15-5-1)36-25-28-45-42(30-36)39-20-10-12-22-44(39)61(45)55-59-52(35-18-8-3-9-19-35)58-54(60-55)37-26-29-47-43(31-37)40-27-24-38(32-48(40)63-47)53-56-49(34-16-6-2-7-17-34)51-50(57-53)41-21-11-13-23-46(41)62-51/h2*1-32H. The van der Waals surface area contributed by atoms with Crippen molar-refractivity contribution in [1.29, 1.82) is 0 Å². The monoisotopic (exact) mass is 1650 g/mol. The highest BCUT2D eigenvalue weighted by atomic mass is 32.1. The molecule has 16 heteroatoms. The second-order valence-electron chi connectivity index (χ2n) is 31.3. The second-order valence-corrected chi connectivity index (χ2v) is 33.4. The average molecular weight is 1650 g/mol. The molecule has 10 heterocycles. The van der Waals surface area contributed by atoms with Crippen molar-refractivity contribution in [3.05, 3.63) is 388 Å². The zero-order valence-electron chi connectivity index (χ0n) is 66.9. The van der Waals surface area contributed by atoms with E-state index in [-0.39, 0.29) is 0 Å². The van der Waals surface area contributed by atoms with Gasteiger partial charge in [0.2, 0.25) is 11.9 Å². The fraction of sp³-hybridized carbons (Fsp3) is 0. The van der Waals surface area contributed by atoms with Gasteiger partial charge in [0.1, 0.15) is 33.6 Å². The van der Waals surface area contributed by atoms with Crippen LogP contribution in [-0.2, 0) is 0 Å². The maximum atomic E-state index is 6.41. The molecule has 10 aromatic heterocycles. The summed E-state index contributed by atoms with van der Waals surface area (Å²) < 4.78 is 21.7. The Morgan fingerprint density at radius 1 is 0.198 bits per heavy atom. The number of benzene rings is 16. The fourth-order valence-electron chi connectivity index (χ4n) is 17.8. The molecule has 0 unspecified atom stereocenters. The van der Waals surface area contributed by atoms with Crippen LogP contribution in [0.15, 0.2) is 397 Å². The first kappa shape index (κ1) is 72.2. The molecular formula is C110H64N12O2S2. The number of aromatic nitrogens is 12. The van der Waals surface area contributed by atoms with Crippen LogP contribution in [-0.4, -0.2) is 59.0 Å². The van der Waals surface area contributed by atoms with Crippen molar-refractivity contribution in [3.63, 3.8) is 0 Å². The van der Waals surface area contributed by atoms with E-state index >= 15 is 0 Å². The number of furan rings is 2. The van der Waals surface area contributed by atoms with Crippen molar-refractivity contribution < 1.29 is 8.83 Å². The SMILES string of the molecule is c1ccc(-c2ccc3c(c2)c2ccccc2n3-c2nc(-c3ccccc3)nc(-c3ccc4sc5c(-c6nc(-c7ccccc7)c7oc8ccccc8c7n6)cccc5c4c3)n2)cc1.c1ccc(-c2ccc3c(c2)c2ccccc2n3-c2nc(-c3ccccc3)nc(-c3ccc4sc5cc(-c6nc(-c7ccccc7)c7oc8ccccc8c7n6)ccc5c4c3)n2)cc1. The lowest BCUT2D eigenvalue weighted by Gasteiger charge is -2.11. The summed E-state index contributed by atoms with van der Waals surface area (Å²) >= 11 is 3.50. The maximum absolute atomic E-state index is 6.41. The number of fused-ring (bicyclic) bond motifs is 18. The van der Waals surface area contributed by atoms with E-state index < -0.39 is 0 Å². The highest BCUT2D eigenvalue weighted by Crippen LogP contribution is 2.47. The van der Waals surface area contributed by atoms with Gasteiger partial charge in [0.25, 0.3) is 0 Å². The summed E-state index contributed by atoms with van der Waals surface area (Å²) in [5.74, 6) is 4.84. The van der Waals surface area contributed by atoms with Crippen molar-refractivity contribution in [3.8, 4) is 125 Å². The smallest absolute Gasteiger partial charge is 0.238 e. The van der Waals surface area contributed by atoms with E-state index in [4.69, 9.17) is 58.7 Å². The van der Waals surface area contributed by atoms with Gasteiger partial charge in [-0.05, 0) is 131 Å². The number of hydrogen-bond donors (Lipinski definition) is 0. The topological polar surface area (TPSA) is 165 Å². The van der Waals surface area contributed by atoms with Gasteiger partial charge < -0.3 is 8.83 Å². The van der Waals surface area contributed by atoms with Crippen LogP contribution in [0.5, 0.6) is 0 Å². The number of thiophene rings is 2. The minimum atomic E-state index is 0.559. The van der Waals surface area contributed by atoms with Gasteiger partial charge in [0.15, 0.2) is 46.1 Å². The lowest BCUT2D eigenvalue weighted by molar-refractivity contribution is 0.667. The molecule has 0 saturated heterocycles. The zero-order chi connectivity index (χ0) is 82.9. The summed E-state index contributed by atoms with van der Waals surface area (Å²) in [6.07, 6.45) is 0. The average Bonchev–Trinajstić information content (AvgIpc) is 1.59. The van der Waals surface area contributed by atoms with Gasteiger partial charge in [-0.25, -0.2) is 29.9 Å². The van der Waals surface area contributed by atoms with Crippen LogP contribution in [0.25, 0.3) is 253 Å². The highest BCUT2D eigenvalue weighted by molar-refractivity contribution is 7.26. The van der Waals surface area contributed by atoms with Gasteiger partial charge >= 0.3 is 0 Å². The highest BCUT2D eigenvalue weighted by Gasteiger charge is 2.26. The van der Waals surface area contributed by atoms with Crippen molar-refractivity contribution in [2.75, 3.05) is 0 Å². The molecule has 26 aromatic rings. The molecule has 126 heavy (non-hydrogen) atoms. The molecule has 0 atom stereocenters. The fourth-order valence-corrected chi connectivity index (χ4v) is 20.1. The Balaban J connectivity index is 0.000000137. The number of para-hydroxylation sites is 4. The Hall–Kier alpha value is -16.7. The molecular weight excluding hydrogens is 1590 g/mol. The van der Waals surface area contributed by atoms with Crippen molar-refractivity contribution in [1.82, 2.24) is 59.0 Å². The van der Waals surface area contributed by atoms with E-state index in [9.17, 15) is 0 Å². The normalized spacial score (nSPS) is 11.8. The summed E-state index contributed by atoms with van der Waals surface area (Å²) in [4.78, 5) is 51.9. The molecule has 0 radical (unpaired) electrons. The summed E-state index contributed by atoms with van der Waals surface area (Å²) in [5.41, 5.74) is 22.4. The predicted octanol–water partition coefficient (Wildman–Crippen LogP) is 28.7.